The summed E-state index contributed by atoms with van der Waals surface area (Å²) >= 11 is 6.25. The van der Waals surface area contributed by atoms with E-state index in [0.29, 0.717) is 10.4 Å². The number of piperazine rings is 1. The van der Waals surface area contributed by atoms with Crippen LogP contribution < -0.4 is 15.2 Å². The van der Waals surface area contributed by atoms with Gasteiger partial charge in [0, 0.05) is 16.6 Å². The molecule has 0 radical (unpaired) electrons. The smallest absolute Gasteiger partial charge is 0.198 e. The van der Waals surface area contributed by atoms with E-state index in [1.54, 1.807) is 4.90 Å². The molecule has 0 aliphatic carbocycles. The monoisotopic (exact) mass is 383 g/mol. The number of rotatable bonds is 4. The zero-order valence-electron chi connectivity index (χ0n) is 15.6. The average molecular weight is 384 g/mol. The molecule has 1 aliphatic heterocycles. The number of hydrogen-bond acceptors (Lipinski definition) is 1. The molecule has 140 valence electrons. The zero-order chi connectivity index (χ0) is 18.8. The van der Waals surface area contributed by atoms with E-state index >= 15 is 0 Å². The summed E-state index contributed by atoms with van der Waals surface area (Å²) in [5.74, 6) is 0. The molecule has 2 heterocycles. The van der Waals surface area contributed by atoms with Crippen molar-refractivity contribution in [2.75, 3.05) is 26.2 Å². The number of aromatic nitrogens is 1. The predicted octanol–water partition coefficient (Wildman–Crippen LogP) is 0.974. The molecular weight excluding hydrogens is 358 g/mol. The van der Waals surface area contributed by atoms with Gasteiger partial charge in [-0.25, -0.2) is 0 Å². The third kappa shape index (κ3) is 3.93. The zero-order valence-corrected chi connectivity index (χ0v) is 16.4. The maximum absolute atomic E-state index is 13.0. The van der Waals surface area contributed by atoms with E-state index in [0.717, 1.165) is 56.0 Å². The first-order valence-corrected chi connectivity index (χ1v) is 10.0. The van der Waals surface area contributed by atoms with Gasteiger partial charge < -0.3 is 14.8 Å². The minimum absolute atomic E-state index is 0.121. The minimum Gasteiger partial charge on any atom is -0.357 e. The number of halogens is 1. The molecule has 1 fully saturated rings. The number of quaternary nitrogens is 2. The summed E-state index contributed by atoms with van der Waals surface area (Å²) < 4.78 is 0. The second-order valence-electron chi connectivity index (χ2n) is 7.56. The van der Waals surface area contributed by atoms with Crippen LogP contribution in [0.3, 0.4) is 0 Å². The first-order chi connectivity index (χ1) is 13.1. The second kappa shape index (κ2) is 7.85. The van der Waals surface area contributed by atoms with E-state index in [4.69, 9.17) is 11.6 Å². The molecule has 5 heteroatoms. The third-order valence-corrected chi connectivity index (χ3v) is 6.00. The van der Waals surface area contributed by atoms with Crippen molar-refractivity contribution in [3.8, 4) is 0 Å². The Hall–Kier alpha value is -2.14. The van der Waals surface area contributed by atoms with Crippen LogP contribution in [0.1, 0.15) is 16.8 Å². The fraction of sp³-hybridized carbons (Fsp3) is 0.318. The molecule has 2 aromatic carbocycles. The van der Waals surface area contributed by atoms with Crippen LogP contribution in [0.5, 0.6) is 0 Å². The van der Waals surface area contributed by atoms with Gasteiger partial charge in [0.2, 0.25) is 0 Å². The van der Waals surface area contributed by atoms with Crippen molar-refractivity contribution in [3.05, 3.63) is 80.6 Å². The lowest BCUT2D eigenvalue weighted by molar-refractivity contribution is -1.02. The number of nitrogens with one attached hydrogen (secondary N) is 3. The van der Waals surface area contributed by atoms with Crippen molar-refractivity contribution in [3.63, 3.8) is 0 Å². The van der Waals surface area contributed by atoms with Crippen LogP contribution in [0, 0.1) is 6.92 Å². The van der Waals surface area contributed by atoms with Crippen LogP contribution >= 0.6 is 11.6 Å². The topological polar surface area (TPSA) is 41.7 Å². The Morgan fingerprint density at radius 2 is 1.59 bits per heavy atom. The summed E-state index contributed by atoms with van der Waals surface area (Å²) in [5, 5.41) is 1.29. The quantitative estimate of drug-likeness (QED) is 0.617. The van der Waals surface area contributed by atoms with Crippen molar-refractivity contribution >= 4 is 22.5 Å². The summed E-state index contributed by atoms with van der Waals surface area (Å²) in [6, 6.07) is 16.2. The molecule has 4 nitrogen and oxygen atoms in total. The molecule has 0 saturated carbocycles. The summed E-state index contributed by atoms with van der Waals surface area (Å²) in [4.78, 5) is 19.4. The molecule has 0 unspecified atom stereocenters. The highest BCUT2D eigenvalue weighted by Gasteiger charge is 2.25. The summed E-state index contributed by atoms with van der Waals surface area (Å²) in [6.45, 7) is 8.31. The van der Waals surface area contributed by atoms with Crippen LogP contribution in [0.15, 0.2) is 53.3 Å². The maximum atomic E-state index is 13.0. The van der Waals surface area contributed by atoms with Crippen LogP contribution in [0.2, 0.25) is 5.02 Å². The molecular formula is C22H26ClN3O+2. The Balaban J connectivity index is 1.46. The number of benzene rings is 2. The van der Waals surface area contributed by atoms with Gasteiger partial charge in [-0.1, -0.05) is 48.0 Å². The highest BCUT2D eigenvalue weighted by molar-refractivity contribution is 6.35. The summed E-state index contributed by atoms with van der Waals surface area (Å²) in [6.07, 6.45) is 0. The Labute approximate surface area is 164 Å². The predicted molar refractivity (Wildman–Crippen MR) is 110 cm³/mol. The molecule has 1 saturated heterocycles. The molecule has 27 heavy (non-hydrogen) atoms. The molecule has 1 aliphatic rings. The van der Waals surface area contributed by atoms with E-state index in [-0.39, 0.29) is 5.43 Å². The normalized spacial score (nSPS) is 20.1. The Kier molecular flexibility index (Phi) is 5.30. The van der Waals surface area contributed by atoms with Crippen LogP contribution in [0.4, 0.5) is 0 Å². The van der Waals surface area contributed by atoms with Crippen molar-refractivity contribution < 1.29 is 9.80 Å². The molecule has 0 spiro atoms. The first-order valence-electron chi connectivity index (χ1n) is 9.63. The number of para-hydroxylation sites is 1. The van der Waals surface area contributed by atoms with Crippen molar-refractivity contribution in [1.82, 2.24) is 4.98 Å². The number of pyridine rings is 1. The van der Waals surface area contributed by atoms with E-state index < -0.39 is 0 Å². The Morgan fingerprint density at radius 1 is 0.926 bits per heavy atom. The Morgan fingerprint density at radius 3 is 2.30 bits per heavy atom. The number of aromatic amines is 1. The van der Waals surface area contributed by atoms with Crippen LogP contribution in [0.25, 0.3) is 10.9 Å². The lowest BCUT2D eigenvalue weighted by Gasteiger charge is -2.30. The Bertz CT molecular complexity index is 992. The highest BCUT2D eigenvalue weighted by atomic mass is 35.5. The van der Waals surface area contributed by atoms with Crippen molar-refractivity contribution in [2.24, 2.45) is 0 Å². The van der Waals surface area contributed by atoms with Gasteiger partial charge in [-0.15, -0.1) is 0 Å². The van der Waals surface area contributed by atoms with Gasteiger partial charge in [0.05, 0.1) is 16.1 Å². The van der Waals surface area contributed by atoms with Gasteiger partial charge in [-0.2, -0.15) is 0 Å². The highest BCUT2D eigenvalue weighted by Crippen LogP contribution is 2.20. The van der Waals surface area contributed by atoms with Crippen LogP contribution in [-0.2, 0) is 13.1 Å². The van der Waals surface area contributed by atoms with Gasteiger partial charge in [0.15, 0.2) is 5.43 Å². The number of fused-ring (bicyclic) bond motifs is 1. The standard InChI is InChI=1S/C22H24ClN3O/c1-16-19(22(27)18-8-5-9-20(23)21(18)24-16)15-26-12-10-25(11-13-26)14-17-6-3-2-4-7-17/h2-9H,10-15H2,1H3,(H,24,27)/p+2. The molecule has 3 N–H and O–H groups in total. The fourth-order valence-electron chi connectivity index (χ4n) is 4.09. The van der Waals surface area contributed by atoms with E-state index in [2.05, 4.69) is 35.3 Å². The molecule has 0 bridgehead atoms. The largest absolute Gasteiger partial charge is 0.357 e. The molecule has 0 atom stereocenters. The second-order valence-corrected chi connectivity index (χ2v) is 7.97. The lowest BCUT2D eigenvalue weighted by Crippen LogP contribution is -3.27. The summed E-state index contributed by atoms with van der Waals surface area (Å²) in [5.41, 5.74) is 4.10. The van der Waals surface area contributed by atoms with Crippen molar-refractivity contribution in [1.29, 1.82) is 0 Å². The fourth-order valence-corrected chi connectivity index (χ4v) is 4.32. The third-order valence-electron chi connectivity index (χ3n) is 5.69. The number of hydrogen-bond donors (Lipinski definition) is 3. The van der Waals surface area contributed by atoms with Crippen molar-refractivity contribution in [2.45, 2.75) is 20.0 Å². The number of H-pyrrole nitrogens is 1. The van der Waals surface area contributed by atoms with Gasteiger partial charge in [0.1, 0.15) is 39.3 Å². The van der Waals surface area contributed by atoms with Gasteiger partial charge in [-0.05, 0) is 19.1 Å². The SMILES string of the molecule is Cc1[nH]c2c(Cl)cccc2c(=O)c1C[NH+]1CC[NH+](Cc2ccccc2)CC1. The van der Waals surface area contributed by atoms with E-state index in [1.165, 1.54) is 10.5 Å². The van der Waals surface area contributed by atoms with Gasteiger partial charge >= 0.3 is 0 Å². The molecule has 4 rings (SSSR count). The first kappa shape index (κ1) is 18.2. The van der Waals surface area contributed by atoms with E-state index in [1.807, 2.05) is 25.1 Å². The van der Waals surface area contributed by atoms with E-state index in [9.17, 15) is 4.79 Å². The molecule has 1 aromatic heterocycles. The van der Waals surface area contributed by atoms with Crippen LogP contribution in [-0.4, -0.2) is 31.2 Å². The lowest BCUT2D eigenvalue weighted by atomic mass is 10.1. The van der Waals surface area contributed by atoms with Gasteiger partial charge in [-0.3, -0.25) is 4.79 Å². The average Bonchev–Trinajstić information content (AvgIpc) is 2.68. The molecule has 3 aromatic rings. The maximum Gasteiger partial charge on any atom is 0.198 e. The molecule has 0 amide bonds. The minimum atomic E-state index is 0.121. The van der Waals surface area contributed by atoms with Gasteiger partial charge in [0.25, 0.3) is 0 Å². The summed E-state index contributed by atoms with van der Waals surface area (Å²) in [7, 11) is 0. The number of aryl methyl sites for hydroxylation is 1.